The standard InChI is InChI=1S/C17H25N3O/c1-5-18-9-15-8-14(4)6-7-17(15)21-11-16-10-19-12-20(16)13(2)3/h6-8,10,12-13,18H,5,9,11H2,1-4H3. The van der Waals surface area contributed by atoms with Gasteiger partial charge in [0.25, 0.3) is 0 Å². The summed E-state index contributed by atoms with van der Waals surface area (Å²) in [7, 11) is 0. The van der Waals surface area contributed by atoms with Crippen molar-refractivity contribution < 1.29 is 4.74 Å². The predicted octanol–water partition coefficient (Wildman–Crippen LogP) is 3.46. The molecule has 0 aliphatic heterocycles. The van der Waals surface area contributed by atoms with Gasteiger partial charge in [-0.3, -0.25) is 0 Å². The van der Waals surface area contributed by atoms with E-state index in [0.717, 1.165) is 24.5 Å². The van der Waals surface area contributed by atoms with Crippen molar-refractivity contribution in [3.63, 3.8) is 0 Å². The molecule has 1 heterocycles. The van der Waals surface area contributed by atoms with E-state index in [2.05, 4.69) is 60.8 Å². The Labute approximate surface area is 127 Å². The maximum atomic E-state index is 6.02. The van der Waals surface area contributed by atoms with E-state index < -0.39 is 0 Å². The number of nitrogens with one attached hydrogen (secondary N) is 1. The fourth-order valence-corrected chi connectivity index (χ4v) is 2.31. The minimum atomic E-state index is 0.394. The molecular weight excluding hydrogens is 262 g/mol. The SMILES string of the molecule is CCNCc1cc(C)ccc1OCc1cncn1C(C)C. The van der Waals surface area contributed by atoms with Gasteiger partial charge >= 0.3 is 0 Å². The molecule has 2 aromatic rings. The third-order valence-electron chi connectivity index (χ3n) is 3.46. The molecule has 4 heteroatoms. The molecule has 114 valence electrons. The number of ether oxygens (including phenoxy) is 1. The second-order valence-corrected chi connectivity index (χ2v) is 5.57. The first-order valence-electron chi connectivity index (χ1n) is 7.55. The maximum absolute atomic E-state index is 6.02. The first-order chi connectivity index (χ1) is 10.1. The van der Waals surface area contributed by atoms with Crippen LogP contribution in [0.15, 0.2) is 30.7 Å². The molecule has 0 bridgehead atoms. The van der Waals surface area contributed by atoms with E-state index in [1.807, 2.05) is 12.5 Å². The van der Waals surface area contributed by atoms with Crippen LogP contribution < -0.4 is 10.1 Å². The van der Waals surface area contributed by atoms with Crippen LogP contribution in [0.5, 0.6) is 5.75 Å². The molecule has 0 saturated heterocycles. The fraction of sp³-hybridized carbons (Fsp3) is 0.471. The van der Waals surface area contributed by atoms with Crippen LogP contribution in [0, 0.1) is 6.92 Å². The van der Waals surface area contributed by atoms with Gasteiger partial charge in [-0.15, -0.1) is 0 Å². The topological polar surface area (TPSA) is 39.1 Å². The first kappa shape index (κ1) is 15.6. The van der Waals surface area contributed by atoms with Gasteiger partial charge in [0.05, 0.1) is 18.2 Å². The van der Waals surface area contributed by atoms with Gasteiger partial charge in [-0.1, -0.05) is 24.6 Å². The van der Waals surface area contributed by atoms with Crippen molar-refractivity contribution in [2.75, 3.05) is 6.54 Å². The second-order valence-electron chi connectivity index (χ2n) is 5.57. The van der Waals surface area contributed by atoms with Crippen molar-refractivity contribution in [1.29, 1.82) is 0 Å². The zero-order valence-corrected chi connectivity index (χ0v) is 13.4. The number of benzene rings is 1. The Kier molecular flexibility index (Phi) is 5.39. The Balaban J connectivity index is 2.10. The van der Waals surface area contributed by atoms with Crippen LogP contribution in [0.4, 0.5) is 0 Å². The molecule has 0 saturated carbocycles. The summed E-state index contributed by atoms with van der Waals surface area (Å²) < 4.78 is 8.16. The molecular formula is C17H25N3O. The van der Waals surface area contributed by atoms with Gasteiger partial charge in [-0.05, 0) is 33.4 Å². The van der Waals surface area contributed by atoms with Crippen molar-refractivity contribution in [1.82, 2.24) is 14.9 Å². The highest BCUT2D eigenvalue weighted by Gasteiger charge is 2.08. The van der Waals surface area contributed by atoms with E-state index in [9.17, 15) is 0 Å². The minimum Gasteiger partial charge on any atom is -0.487 e. The molecule has 0 fully saturated rings. The highest BCUT2D eigenvalue weighted by atomic mass is 16.5. The van der Waals surface area contributed by atoms with Gasteiger partial charge in [0.1, 0.15) is 12.4 Å². The number of imidazole rings is 1. The van der Waals surface area contributed by atoms with E-state index in [4.69, 9.17) is 4.74 Å². The Morgan fingerprint density at radius 3 is 2.86 bits per heavy atom. The summed E-state index contributed by atoms with van der Waals surface area (Å²) in [6.45, 7) is 10.8. The molecule has 1 aromatic heterocycles. The molecule has 0 spiro atoms. The lowest BCUT2D eigenvalue weighted by atomic mass is 10.1. The lowest BCUT2D eigenvalue weighted by Gasteiger charge is -2.15. The number of nitrogens with zero attached hydrogens (tertiary/aromatic N) is 2. The third-order valence-corrected chi connectivity index (χ3v) is 3.46. The average molecular weight is 287 g/mol. The molecule has 2 rings (SSSR count). The van der Waals surface area contributed by atoms with Crippen molar-refractivity contribution in [3.8, 4) is 5.75 Å². The highest BCUT2D eigenvalue weighted by Crippen LogP contribution is 2.21. The van der Waals surface area contributed by atoms with Gasteiger partial charge < -0.3 is 14.6 Å². The number of rotatable bonds is 7. The van der Waals surface area contributed by atoms with Crippen molar-refractivity contribution in [3.05, 3.63) is 47.5 Å². The molecule has 0 atom stereocenters. The predicted molar refractivity (Wildman–Crippen MR) is 85.5 cm³/mol. The van der Waals surface area contributed by atoms with Gasteiger partial charge in [0, 0.05) is 18.2 Å². The van der Waals surface area contributed by atoms with Crippen LogP contribution in [0.25, 0.3) is 0 Å². The van der Waals surface area contributed by atoms with Crippen LogP contribution >= 0.6 is 0 Å². The van der Waals surface area contributed by atoms with E-state index in [-0.39, 0.29) is 0 Å². The average Bonchev–Trinajstić information content (AvgIpc) is 2.92. The summed E-state index contributed by atoms with van der Waals surface area (Å²) in [5.74, 6) is 0.943. The Bertz CT molecular complexity index is 575. The van der Waals surface area contributed by atoms with Crippen LogP contribution in [-0.4, -0.2) is 16.1 Å². The van der Waals surface area contributed by atoms with Gasteiger partial charge in [-0.2, -0.15) is 0 Å². The fourth-order valence-electron chi connectivity index (χ4n) is 2.31. The molecule has 0 radical (unpaired) electrons. The zero-order chi connectivity index (χ0) is 15.2. The molecule has 1 aromatic carbocycles. The minimum absolute atomic E-state index is 0.394. The molecule has 0 aliphatic rings. The Morgan fingerprint density at radius 2 is 2.14 bits per heavy atom. The maximum Gasteiger partial charge on any atom is 0.130 e. The molecule has 1 N–H and O–H groups in total. The van der Waals surface area contributed by atoms with E-state index in [1.54, 1.807) is 0 Å². The lowest BCUT2D eigenvalue weighted by molar-refractivity contribution is 0.288. The third kappa shape index (κ3) is 4.08. The molecule has 0 unspecified atom stereocenters. The van der Waals surface area contributed by atoms with Crippen LogP contribution in [0.2, 0.25) is 0 Å². The number of hydrogen-bond acceptors (Lipinski definition) is 3. The Hall–Kier alpha value is -1.81. The van der Waals surface area contributed by atoms with Gasteiger partial charge in [0.15, 0.2) is 0 Å². The highest BCUT2D eigenvalue weighted by molar-refractivity contribution is 5.37. The van der Waals surface area contributed by atoms with Crippen LogP contribution in [0.3, 0.4) is 0 Å². The van der Waals surface area contributed by atoms with Gasteiger partial charge in [0.2, 0.25) is 0 Å². The smallest absolute Gasteiger partial charge is 0.130 e. The zero-order valence-electron chi connectivity index (χ0n) is 13.4. The number of aromatic nitrogens is 2. The van der Waals surface area contributed by atoms with Gasteiger partial charge in [-0.25, -0.2) is 4.98 Å². The summed E-state index contributed by atoms with van der Waals surface area (Å²) in [6, 6.07) is 6.71. The summed E-state index contributed by atoms with van der Waals surface area (Å²) in [5.41, 5.74) is 3.55. The quantitative estimate of drug-likeness (QED) is 0.847. The number of hydrogen-bond donors (Lipinski definition) is 1. The summed E-state index contributed by atoms with van der Waals surface area (Å²) >= 11 is 0. The monoisotopic (exact) mass is 287 g/mol. The van der Waals surface area contributed by atoms with E-state index >= 15 is 0 Å². The summed E-state index contributed by atoms with van der Waals surface area (Å²) in [4.78, 5) is 4.21. The molecule has 21 heavy (non-hydrogen) atoms. The summed E-state index contributed by atoms with van der Waals surface area (Å²) in [5, 5.41) is 3.36. The number of aryl methyl sites for hydroxylation is 1. The van der Waals surface area contributed by atoms with E-state index in [1.165, 1.54) is 11.1 Å². The second kappa shape index (κ2) is 7.27. The van der Waals surface area contributed by atoms with Crippen molar-refractivity contribution in [2.24, 2.45) is 0 Å². The normalized spacial score (nSPS) is 11.1. The van der Waals surface area contributed by atoms with E-state index in [0.29, 0.717) is 12.6 Å². The lowest BCUT2D eigenvalue weighted by Crippen LogP contribution is -2.13. The van der Waals surface area contributed by atoms with Crippen LogP contribution in [0.1, 0.15) is 43.6 Å². The Morgan fingerprint density at radius 1 is 1.33 bits per heavy atom. The molecule has 0 amide bonds. The summed E-state index contributed by atoms with van der Waals surface area (Å²) in [6.07, 6.45) is 3.73. The first-order valence-corrected chi connectivity index (χ1v) is 7.55. The van der Waals surface area contributed by atoms with Crippen LogP contribution in [-0.2, 0) is 13.2 Å². The van der Waals surface area contributed by atoms with Crippen molar-refractivity contribution >= 4 is 0 Å². The molecule has 4 nitrogen and oxygen atoms in total. The largest absolute Gasteiger partial charge is 0.487 e. The molecule has 0 aliphatic carbocycles. The van der Waals surface area contributed by atoms with Crippen molar-refractivity contribution in [2.45, 2.75) is 46.9 Å².